The van der Waals surface area contributed by atoms with Gasteiger partial charge >= 0.3 is 0 Å². The highest BCUT2D eigenvalue weighted by atomic mass is 16.6. The van der Waals surface area contributed by atoms with Crippen LogP contribution in [0.5, 0.6) is 5.75 Å². The summed E-state index contributed by atoms with van der Waals surface area (Å²) >= 11 is 0. The number of hydrogen-bond acceptors (Lipinski definition) is 8. The van der Waals surface area contributed by atoms with Crippen molar-refractivity contribution in [2.45, 2.75) is 12.5 Å². The van der Waals surface area contributed by atoms with E-state index in [0.717, 1.165) is 0 Å². The SMILES string of the molecule is COc1cccc2cc(C(=O)C3=C(O)C(=O)N(CCCN(C)C)[C@H]3c3ccc([N+](=O)[O-])cc3)oc12. The Morgan fingerprint density at radius 3 is 2.57 bits per heavy atom. The summed E-state index contributed by atoms with van der Waals surface area (Å²) in [6.07, 6.45) is 0.596. The second kappa shape index (κ2) is 9.59. The average Bonchev–Trinajstić information content (AvgIpc) is 3.38. The monoisotopic (exact) mass is 479 g/mol. The van der Waals surface area contributed by atoms with E-state index in [0.29, 0.717) is 35.2 Å². The number of amides is 1. The number of nitrogens with zero attached hydrogens (tertiary/aromatic N) is 3. The number of nitro groups is 1. The molecule has 4 rings (SSSR count). The third-order valence-corrected chi connectivity index (χ3v) is 5.92. The molecule has 0 unspecified atom stereocenters. The van der Waals surface area contributed by atoms with Crippen molar-refractivity contribution >= 4 is 28.3 Å². The number of carbonyl (C=O) groups is 2. The van der Waals surface area contributed by atoms with E-state index >= 15 is 0 Å². The molecule has 1 aromatic heterocycles. The minimum Gasteiger partial charge on any atom is -0.503 e. The molecule has 1 aliphatic rings. The molecule has 1 atom stereocenters. The van der Waals surface area contributed by atoms with Crippen molar-refractivity contribution in [1.82, 2.24) is 9.80 Å². The molecule has 2 heterocycles. The van der Waals surface area contributed by atoms with Crippen LogP contribution in [0, 0.1) is 10.1 Å². The van der Waals surface area contributed by atoms with E-state index in [1.807, 2.05) is 19.0 Å². The van der Waals surface area contributed by atoms with Gasteiger partial charge in [-0.3, -0.25) is 19.7 Å². The number of nitro benzene ring substituents is 1. The number of aliphatic hydroxyl groups is 1. The highest BCUT2D eigenvalue weighted by Crippen LogP contribution is 2.40. The van der Waals surface area contributed by atoms with Crippen LogP contribution >= 0.6 is 0 Å². The van der Waals surface area contributed by atoms with E-state index in [4.69, 9.17) is 9.15 Å². The van der Waals surface area contributed by atoms with Gasteiger partial charge in [0, 0.05) is 24.1 Å². The van der Waals surface area contributed by atoms with Crippen molar-refractivity contribution in [3.63, 3.8) is 0 Å². The van der Waals surface area contributed by atoms with E-state index in [-0.39, 0.29) is 23.6 Å². The van der Waals surface area contributed by atoms with Crippen molar-refractivity contribution in [1.29, 1.82) is 0 Å². The molecule has 10 nitrogen and oxygen atoms in total. The number of ether oxygens (including phenoxy) is 1. The highest BCUT2D eigenvalue weighted by molar-refractivity contribution is 6.16. The fourth-order valence-corrected chi connectivity index (χ4v) is 4.24. The number of furan rings is 1. The topological polar surface area (TPSA) is 126 Å². The van der Waals surface area contributed by atoms with Crippen LogP contribution in [0.2, 0.25) is 0 Å². The summed E-state index contributed by atoms with van der Waals surface area (Å²) in [6.45, 7) is 0.956. The van der Waals surface area contributed by atoms with E-state index in [1.165, 1.54) is 42.3 Å². The number of hydrogen-bond donors (Lipinski definition) is 1. The lowest BCUT2D eigenvalue weighted by Crippen LogP contribution is -2.33. The molecule has 0 saturated heterocycles. The molecule has 0 aliphatic carbocycles. The Bertz CT molecular complexity index is 1320. The fourth-order valence-electron chi connectivity index (χ4n) is 4.24. The lowest BCUT2D eigenvalue weighted by molar-refractivity contribution is -0.384. The zero-order chi connectivity index (χ0) is 25.3. The maximum Gasteiger partial charge on any atom is 0.290 e. The molecular weight excluding hydrogens is 454 g/mol. The fraction of sp³-hybridized carbons (Fsp3) is 0.280. The Morgan fingerprint density at radius 1 is 1.23 bits per heavy atom. The van der Waals surface area contributed by atoms with Gasteiger partial charge < -0.3 is 24.1 Å². The number of non-ortho nitro benzene ring substituents is 1. The molecule has 2 aromatic carbocycles. The smallest absolute Gasteiger partial charge is 0.290 e. The van der Waals surface area contributed by atoms with E-state index in [2.05, 4.69) is 0 Å². The Hall–Kier alpha value is -4.18. The summed E-state index contributed by atoms with van der Waals surface area (Å²) in [6, 6.07) is 11.4. The molecule has 1 amide bonds. The van der Waals surface area contributed by atoms with Gasteiger partial charge in [0.15, 0.2) is 22.9 Å². The Morgan fingerprint density at radius 2 is 1.94 bits per heavy atom. The molecule has 0 fully saturated rings. The van der Waals surface area contributed by atoms with Gasteiger partial charge in [-0.25, -0.2) is 0 Å². The van der Waals surface area contributed by atoms with Crippen molar-refractivity contribution in [2.75, 3.05) is 34.3 Å². The summed E-state index contributed by atoms with van der Waals surface area (Å²) in [7, 11) is 5.29. The van der Waals surface area contributed by atoms with Gasteiger partial charge in [0.2, 0.25) is 5.78 Å². The second-order valence-corrected chi connectivity index (χ2v) is 8.49. The average molecular weight is 479 g/mol. The summed E-state index contributed by atoms with van der Waals surface area (Å²) in [4.78, 5) is 40.6. The van der Waals surface area contributed by atoms with Gasteiger partial charge in [-0.1, -0.05) is 12.1 Å². The summed E-state index contributed by atoms with van der Waals surface area (Å²) < 4.78 is 11.1. The second-order valence-electron chi connectivity index (χ2n) is 8.49. The van der Waals surface area contributed by atoms with E-state index < -0.39 is 28.4 Å². The molecule has 0 radical (unpaired) electrons. The van der Waals surface area contributed by atoms with Crippen LogP contribution in [0.3, 0.4) is 0 Å². The van der Waals surface area contributed by atoms with Crippen molar-refractivity contribution in [2.24, 2.45) is 0 Å². The Kier molecular flexibility index (Phi) is 6.57. The van der Waals surface area contributed by atoms with Crippen LogP contribution in [0.25, 0.3) is 11.0 Å². The molecule has 0 spiro atoms. The maximum atomic E-state index is 13.6. The molecule has 3 aromatic rings. The normalized spacial score (nSPS) is 15.9. The molecule has 182 valence electrons. The van der Waals surface area contributed by atoms with Crippen LogP contribution < -0.4 is 4.74 Å². The highest BCUT2D eigenvalue weighted by Gasteiger charge is 2.44. The third kappa shape index (κ3) is 4.47. The van der Waals surface area contributed by atoms with Crippen molar-refractivity contribution in [3.05, 3.63) is 81.3 Å². The molecule has 35 heavy (non-hydrogen) atoms. The lowest BCUT2D eigenvalue weighted by atomic mass is 9.94. The predicted molar refractivity (Wildman–Crippen MR) is 127 cm³/mol. The summed E-state index contributed by atoms with van der Waals surface area (Å²) in [5.74, 6) is -1.59. The first-order chi connectivity index (χ1) is 16.7. The first kappa shape index (κ1) is 24.0. The van der Waals surface area contributed by atoms with E-state index in [9.17, 15) is 24.8 Å². The van der Waals surface area contributed by atoms with Gasteiger partial charge in [0.1, 0.15) is 0 Å². The van der Waals surface area contributed by atoms with Crippen molar-refractivity contribution in [3.8, 4) is 5.75 Å². The van der Waals surface area contributed by atoms with Gasteiger partial charge in [-0.05, 0) is 56.9 Å². The first-order valence-corrected chi connectivity index (χ1v) is 11.0. The molecule has 0 bridgehead atoms. The van der Waals surface area contributed by atoms with E-state index in [1.54, 1.807) is 18.2 Å². The number of carbonyl (C=O) groups excluding carboxylic acids is 2. The van der Waals surface area contributed by atoms with Crippen LogP contribution in [-0.4, -0.2) is 65.8 Å². The third-order valence-electron chi connectivity index (χ3n) is 5.92. The minimum absolute atomic E-state index is 0.0547. The van der Waals surface area contributed by atoms with Gasteiger partial charge in [-0.2, -0.15) is 0 Å². The van der Waals surface area contributed by atoms with Gasteiger partial charge in [-0.15, -0.1) is 0 Å². The lowest BCUT2D eigenvalue weighted by Gasteiger charge is -2.27. The minimum atomic E-state index is -0.923. The maximum absolute atomic E-state index is 13.6. The van der Waals surface area contributed by atoms with Crippen LogP contribution in [0.4, 0.5) is 5.69 Å². The summed E-state index contributed by atoms with van der Waals surface area (Å²) in [5.41, 5.74) is 0.585. The standard InChI is InChI=1S/C25H25N3O7/c1-26(2)12-5-13-27-21(15-8-10-17(11-9-15)28(32)33)20(23(30)25(27)31)22(29)19-14-16-6-4-7-18(34-3)24(16)35-19/h4,6-11,14,21,30H,5,12-13H2,1-3H3/t21-/m0/s1. The van der Waals surface area contributed by atoms with Gasteiger partial charge in [0.25, 0.3) is 11.6 Å². The predicted octanol–water partition coefficient (Wildman–Crippen LogP) is 3.88. The molecule has 1 N–H and O–H groups in total. The largest absolute Gasteiger partial charge is 0.503 e. The Balaban J connectivity index is 1.77. The number of para-hydroxylation sites is 1. The number of benzene rings is 2. The van der Waals surface area contributed by atoms with Crippen molar-refractivity contribution < 1.29 is 28.8 Å². The number of fused-ring (bicyclic) bond motifs is 1. The number of Topliss-reactive ketones (excluding diaryl/α,β-unsaturated/α-hetero) is 1. The quantitative estimate of drug-likeness (QED) is 0.278. The number of methoxy groups -OCH3 is 1. The molecular formula is C25H25N3O7. The Labute approximate surface area is 201 Å². The number of ketones is 1. The molecule has 1 aliphatic heterocycles. The van der Waals surface area contributed by atoms with Gasteiger partial charge in [0.05, 0.1) is 23.6 Å². The summed E-state index contributed by atoms with van der Waals surface area (Å²) in [5, 5.41) is 22.5. The van der Waals surface area contributed by atoms with Crippen LogP contribution in [0.1, 0.15) is 28.6 Å². The number of rotatable bonds is 9. The van der Waals surface area contributed by atoms with Crippen LogP contribution in [-0.2, 0) is 4.79 Å². The zero-order valence-corrected chi connectivity index (χ0v) is 19.6. The number of aliphatic hydroxyl groups excluding tert-OH is 1. The van der Waals surface area contributed by atoms with Crippen LogP contribution in [0.15, 0.2) is 64.3 Å². The molecule has 10 heteroatoms. The molecule has 0 saturated carbocycles. The zero-order valence-electron chi connectivity index (χ0n) is 19.6. The first-order valence-electron chi connectivity index (χ1n) is 11.0.